The molecule has 0 rings (SSSR count). The lowest BCUT2D eigenvalue weighted by Gasteiger charge is -2.10. The summed E-state index contributed by atoms with van der Waals surface area (Å²) in [7, 11) is 0. The highest BCUT2D eigenvalue weighted by Crippen LogP contribution is 2.13. The number of aliphatic imine (C=N–C) groups is 1. The molecular formula is C9H18N2. The predicted octanol–water partition coefficient (Wildman–Crippen LogP) is 1.97. The Balaban J connectivity index is 3.71. The molecule has 0 aromatic heterocycles. The lowest BCUT2D eigenvalue weighted by Crippen LogP contribution is -2.05. The summed E-state index contributed by atoms with van der Waals surface area (Å²) in [6.07, 6.45) is 4.18. The van der Waals surface area contributed by atoms with Crippen LogP contribution in [0, 0.1) is 5.41 Å². The van der Waals surface area contributed by atoms with Crippen LogP contribution in [0.25, 0.3) is 0 Å². The molecule has 0 saturated carbocycles. The van der Waals surface area contributed by atoms with Gasteiger partial charge in [0.1, 0.15) is 0 Å². The summed E-state index contributed by atoms with van der Waals surface area (Å²) in [6, 6.07) is 0. The molecule has 2 heteroatoms. The molecule has 0 aliphatic heterocycles. The fourth-order valence-electron chi connectivity index (χ4n) is 0.603. The molecule has 0 aromatic carbocycles. The molecule has 2 N–H and O–H groups in total. The Labute approximate surface area is 69.2 Å². The summed E-state index contributed by atoms with van der Waals surface area (Å²) < 4.78 is 0. The molecule has 0 aliphatic rings. The van der Waals surface area contributed by atoms with Gasteiger partial charge in [-0.2, -0.15) is 0 Å². The van der Waals surface area contributed by atoms with Gasteiger partial charge in [0, 0.05) is 0 Å². The van der Waals surface area contributed by atoms with E-state index in [1.54, 1.807) is 6.92 Å². The van der Waals surface area contributed by atoms with Crippen molar-refractivity contribution in [3.63, 3.8) is 0 Å². The minimum absolute atomic E-state index is 0.248. The molecule has 0 aromatic rings. The summed E-state index contributed by atoms with van der Waals surface area (Å²) >= 11 is 0. The topological polar surface area (TPSA) is 38.4 Å². The van der Waals surface area contributed by atoms with Crippen LogP contribution >= 0.6 is 0 Å². The molecule has 0 heterocycles. The lowest BCUT2D eigenvalue weighted by atomic mass is 9.96. The van der Waals surface area contributed by atoms with E-state index in [1.807, 2.05) is 6.08 Å². The van der Waals surface area contributed by atoms with Crippen molar-refractivity contribution in [3.05, 3.63) is 12.2 Å². The fraction of sp³-hybridized carbons (Fsp3) is 0.667. The van der Waals surface area contributed by atoms with E-state index in [4.69, 9.17) is 5.73 Å². The molecular weight excluding hydrogens is 136 g/mol. The minimum Gasteiger partial charge on any atom is -0.388 e. The third-order valence-corrected chi connectivity index (χ3v) is 1.06. The normalized spacial score (nSPS) is 14.4. The third-order valence-electron chi connectivity index (χ3n) is 1.06. The monoisotopic (exact) mass is 154 g/mol. The van der Waals surface area contributed by atoms with Gasteiger partial charge in [0.15, 0.2) is 0 Å². The second-order valence-electron chi connectivity index (χ2n) is 3.75. The van der Waals surface area contributed by atoms with Gasteiger partial charge in [-0.15, -0.1) is 0 Å². The highest BCUT2D eigenvalue weighted by atomic mass is 14.8. The van der Waals surface area contributed by atoms with Crippen molar-refractivity contribution >= 4 is 5.84 Å². The van der Waals surface area contributed by atoms with Crippen LogP contribution in [0.4, 0.5) is 0 Å². The average Bonchev–Trinajstić information content (AvgIpc) is 1.78. The Morgan fingerprint density at radius 1 is 1.45 bits per heavy atom. The molecule has 0 saturated heterocycles. The van der Waals surface area contributed by atoms with Crippen LogP contribution in [0.5, 0.6) is 0 Å². The smallest absolute Gasteiger partial charge is 0.0909 e. The summed E-state index contributed by atoms with van der Waals surface area (Å²) in [5.41, 5.74) is 5.61. The standard InChI is InChI=1S/C9H18N2/c1-8(10)11-7-5-6-9(2,3)4/h5-6H,7H2,1-4H3,(H2,10,11)/b6-5+. The largest absolute Gasteiger partial charge is 0.388 e. The predicted molar refractivity (Wildman–Crippen MR) is 50.8 cm³/mol. The first-order valence-corrected chi connectivity index (χ1v) is 3.86. The zero-order valence-electron chi connectivity index (χ0n) is 7.89. The van der Waals surface area contributed by atoms with E-state index in [0.29, 0.717) is 12.4 Å². The number of hydrogen-bond acceptors (Lipinski definition) is 1. The molecule has 0 unspecified atom stereocenters. The third kappa shape index (κ3) is 9.21. The van der Waals surface area contributed by atoms with Crippen LogP contribution in [0.3, 0.4) is 0 Å². The van der Waals surface area contributed by atoms with Crippen molar-refractivity contribution in [1.29, 1.82) is 0 Å². The van der Waals surface area contributed by atoms with Gasteiger partial charge in [0.05, 0.1) is 12.4 Å². The Bertz CT molecular complexity index is 157. The SMILES string of the molecule is CC(N)=NC/C=C/C(C)(C)C. The van der Waals surface area contributed by atoms with Crippen molar-refractivity contribution in [3.8, 4) is 0 Å². The van der Waals surface area contributed by atoms with Crippen LogP contribution in [-0.4, -0.2) is 12.4 Å². The van der Waals surface area contributed by atoms with Gasteiger partial charge >= 0.3 is 0 Å². The molecule has 0 aliphatic carbocycles. The molecule has 0 atom stereocenters. The maximum atomic E-state index is 5.36. The van der Waals surface area contributed by atoms with Crippen molar-refractivity contribution in [1.82, 2.24) is 0 Å². The van der Waals surface area contributed by atoms with Crippen molar-refractivity contribution in [2.24, 2.45) is 16.1 Å². The number of hydrogen-bond donors (Lipinski definition) is 1. The number of allylic oxidation sites excluding steroid dienone is 1. The second-order valence-corrected chi connectivity index (χ2v) is 3.75. The van der Waals surface area contributed by atoms with Crippen molar-refractivity contribution in [2.75, 3.05) is 6.54 Å². The zero-order valence-corrected chi connectivity index (χ0v) is 7.89. The second kappa shape index (κ2) is 4.16. The van der Waals surface area contributed by atoms with Crippen molar-refractivity contribution < 1.29 is 0 Å². The molecule has 0 radical (unpaired) electrons. The highest BCUT2D eigenvalue weighted by Gasteiger charge is 2.01. The fourth-order valence-corrected chi connectivity index (χ4v) is 0.603. The van der Waals surface area contributed by atoms with Gasteiger partial charge in [0.25, 0.3) is 0 Å². The molecule has 11 heavy (non-hydrogen) atoms. The molecule has 2 nitrogen and oxygen atoms in total. The van der Waals surface area contributed by atoms with Crippen LogP contribution in [-0.2, 0) is 0 Å². The molecule has 0 bridgehead atoms. The van der Waals surface area contributed by atoms with Crippen LogP contribution in [0.2, 0.25) is 0 Å². The van der Waals surface area contributed by atoms with E-state index >= 15 is 0 Å². The van der Waals surface area contributed by atoms with Crippen molar-refractivity contribution in [2.45, 2.75) is 27.7 Å². The summed E-state index contributed by atoms with van der Waals surface area (Å²) in [4.78, 5) is 4.04. The first-order valence-electron chi connectivity index (χ1n) is 3.86. The number of amidine groups is 1. The van der Waals surface area contributed by atoms with E-state index < -0.39 is 0 Å². The highest BCUT2D eigenvalue weighted by molar-refractivity contribution is 5.77. The van der Waals surface area contributed by atoms with E-state index in [1.165, 1.54) is 0 Å². The number of rotatable bonds is 2. The molecule has 64 valence electrons. The lowest BCUT2D eigenvalue weighted by molar-refractivity contribution is 0.543. The Kier molecular flexibility index (Phi) is 3.86. The van der Waals surface area contributed by atoms with E-state index in [0.717, 1.165) is 0 Å². The Morgan fingerprint density at radius 3 is 2.36 bits per heavy atom. The van der Waals surface area contributed by atoms with Crippen LogP contribution in [0.1, 0.15) is 27.7 Å². The van der Waals surface area contributed by atoms with E-state index in [9.17, 15) is 0 Å². The maximum absolute atomic E-state index is 5.36. The van der Waals surface area contributed by atoms with E-state index in [2.05, 4.69) is 31.8 Å². The summed E-state index contributed by atoms with van der Waals surface area (Å²) in [5.74, 6) is 0.642. The van der Waals surface area contributed by atoms with Crippen LogP contribution in [0.15, 0.2) is 17.1 Å². The Morgan fingerprint density at radius 2 is 2.00 bits per heavy atom. The van der Waals surface area contributed by atoms with Gasteiger partial charge in [-0.05, 0) is 12.3 Å². The first-order chi connectivity index (χ1) is 4.92. The van der Waals surface area contributed by atoms with Gasteiger partial charge < -0.3 is 5.73 Å². The van der Waals surface area contributed by atoms with Gasteiger partial charge in [-0.3, -0.25) is 4.99 Å². The first kappa shape index (κ1) is 10.2. The quantitative estimate of drug-likeness (QED) is 0.368. The minimum atomic E-state index is 0.248. The molecule has 0 amide bonds. The zero-order chi connectivity index (χ0) is 8.91. The summed E-state index contributed by atoms with van der Waals surface area (Å²) in [6.45, 7) is 8.96. The molecule has 0 spiro atoms. The van der Waals surface area contributed by atoms with Gasteiger partial charge in [0.2, 0.25) is 0 Å². The van der Waals surface area contributed by atoms with Crippen LogP contribution < -0.4 is 5.73 Å². The summed E-state index contributed by atoms with van der Waals surface area (Å²) in [5, 5.41) is 0. The maximum Gasteiger partial charge on any atom is 0.0909 e. The van der Waals surface area contributed by atoms with Gasteiger partial charge in [-0.25, -0.2) is 0 Å². The molecule has 0 fully saturated rings. The Hall–Kier alpha value is -0.790. The number of nitrogens with two attached hydrogens (primary N) is 1. The van der Waals surface area contributed by atoms with E-state index in [-0.39, 0.29) is 5.41 Å². The average molecular weight is 154 g/mol. The number of nitrogens with zero attached hydrogens (tertiary/aromatic N) is 1. The van der Waals surface area contributed by atoms with Gasteiger partial charge in [-0.1, -0.05) is 32.9 Å².